The molecule has 4 nitrogen and oxygen atoms in total. The maximum atomic E-state index is 9.23. The van der Waals surface area contributed by atoms with Crippen molar-refractivity contribution in [3.63, 3.8) is 0 Å². The van der Waals surface area contributed by atoms with Crippen LogP contribution in [0.15, 0.2) is 0 Å². The Hall–Kier alpha value is 0.130. The molecule has 5 heteroatoms. The fourth-order valence-electron chi connectivity index (χ4n) is 1.78. The SMILES string of the molecule is CN(O)C1CCCC[C@H]1N(O)Cl. The van der Waals surface area contributed by atoms with Gasteiger partial charge in [-0.05, 0) is 12.8 Å². The zero-order chi connectivity index (χ0) is 9.14. The first-order valence-corrected chi connectivity index (χ1v) is 4.52. The first kappa shape index (κ1) is 10.2. The van der Waals surface area contributed by atoms with Crippen LogP contribution >= 0.6 is 11.8 Å². The van der Waals surface area contributed by atoms with Crippen molar-refractivity contribution in [3.05, 3.63) is 0 Å². The molecule has 0 spiro atoms. The van der Waals surface area contributed by atoms with Crippen molar-refractivity contribution >= 4 is 11.8 Å². The third-order valence-corrected chi connectivity index (χ3v) is 2.70. The molecule has 0 radical (unpaired) electrons. The summed E-state index contributed by atoms with van der Waals surface area (Å²) in [6.45, 7) is 0. The van der Waals surface area contributed by atoms with Gasteiger partial charge in [0.25, 0.3) is 0 Å². The Labute approximate surface area is 77.4 Å². The molecule has 1 fully saturated rings. The minimum Gasteiger partial charge on any atom is -0.314 e. The fourth-order valence-corrected chi connectivity index (χ4v) is 2.00. The van der Waals surface area contributed by atoms with Crippen LogP contribution in [0, 0.1) is 0 Å². The molecule has 72 valence electrons. The lowest BCUT2D eigenvalue weighted by atomic mass is 9.91. The molecule has 1 rings (SSSR count). The summed E-state index contributed by atoms with van der Waals surface area (Å²) in [6.07, 6.45) is 3.84. The van der Waals surface area contributed by atoms with Gasteiger partial charge in [-0.3, -0.25) is 5.21 Å². The zero-order valence-electron chi connectivity index (χ0n) is 7.15. The van der Waals surface area contributed by atoms with Crippen LogP contribution in [0.4, 0.5) is 0 Å². The van der Waals surface area contributed by atoms with E-state index in [2.05, 4.69) is 0 Å². The Morgan fingerprint density at radius 3 is 2.00 bits per heavy atom. The molecule has 0 heterocycles. The van der Waals surface area contributed by atoms with E-state index in [9.17, 15) is 5.21 Å². The lowest BCUT2D eigenvalue weighted by molar-refractivity contribution is -0.160. The van der Waals surface area contributed by atoms with E-state index in [1.165, 1.54) is 0 Å². The fraction of sp³-hybridized carbons (Fsp3) is 1.00. The maximum absolute atomic E-state index is 9.23. The van der Waals surface area contributed by atoms with Gasteiger partial charge in [0.2, 0.25) is 0 Å². The van der Waals surface area contributed by atoms with Crippen LogP contribution in [0.3, 0.4) is 0 Å². The van der Waals surface area contributed by atoms with Crippen molar-refractivity contribution in [2.24, 2.45) is 0 Å². The van der Waals surface area contributed by atoms with Crippen LogP contribution in [0.5, 0.6) is 0 Å². The van der Waals surface area contributed by atoms with E-state index in [0.29, 0.717) is 4.58 Å². The van der Waals surface area contributed by atoms with E-state index in [4.69, 9.17) is 17.0 Å². The van der Waals surface area contributed by atoms with E-state index in [-0.39, 0.29) is 12.1 Å². The topological polar surface area (TPSA) is 46.9 Å². The monoisotopic (exact) mass is 194 g/mol. The van der Waals surface area contributed by atoms with Gasteiger partial charge in [-0.1, -0.05) is 17.4 Å². The van der Waals surface area contributed by atoms with Crippen LogP contribution in [-0.2, 0) is 0 Å². The molecule has 1 aliphatic rings. The Balaban J connectivity index is 2.54. The molecule has 0 aliphatic heterocycles. The molecular weight excluding hydrogens is 180 g/mol. The van der Waals surface area contributed by atoms with Crippen molar-refractivity contribution in [1.29, 1.82) is 0 Å². The number of rotatable bonds is 2. The third kappa shape index (κ3) is 2.31. The molecule has 0 saturated heterocycles. The minimum atomic E-state index is -0.157. The Bertz CT molecular complexity index is 127. The molecule has 1 aliphatic carbocycles. The van der Waals surface area contributed by atoms with Crippen molar-refractivity contribution in [3.8, 4) is 0 Å². The zero-order valence-corrected chi connectivity index (χ0v) is 7.91. The molecule has 12 heavy (non-hydrogen) atoms. The second kappa shape index (κ2) is 4.39. The first-order chi connectivity index (χ1) is 5.63. The van der Waals surface area contributed by atoms with Gasteiger partial charge >= 0.3 is 0 Å². The number of hydrogen-bond acceptors (Lipinski definition) is 4. The molecule has 1 unspecified atom stereocenters. The van der Waals surface area contributed by atoms with Gasteiger partial charge in [0.15, 0.2) is 0 Å². The lowest BCUT2D eigenvalue weighted by Crippen LogP contribution is -2.47. The van der Waals surface area contributed by atoms with Gasteiger partial charge in [-0.25, -0.2) is 0 Å². The summed E-state index contributed by atoms with van der Waals surface area (Å²) in [5.41, 5.74) is 0. The van der Waals surface area contributed by atoms with Crippen LogP contribution in [0.2, 0.25) is 0 Å². The Morgan fingerprint density at radius 2 is 1.67 bits per heavy atom. The molecule has 0 aromatic carbocycles. The number of hydroxylamine groups is 3. The summed E-state index contributed by atoms with van der Waals surface area (Å²) >= 11 is 5.45. The number of nitrogens with zero attached hydrogens (tertiary/aromatic N) is 2. The van der Waals surface area contributed by atoms with E-state index in [0.717, 1.165) is 30.7 Å². The predicted molar refractivity (Wildman–Crippen MR) is 45.1 cm³/mol. The first-order valence-electron chi connectivity index (χ1n) is 4.18. The van der Waals surface area contributed by atoms with E-state index >= 15 is 0 Å². The van der Waals surface area contributed by atoms with Crippen LogP contribution in [0.1, 0.15) is 25.7 Å². The van der Waals surface area contributed by atoms with Gasteiger partial charge in [0.05, 0.1) is 12.1 Å². The van der Waals surface area contributed by atoms with E-state index < -0.39 is 0 Å². The molecule has 2 atom stereocenters. The molecule has 0 bridgehead atoms. The summed E-state index contributed by atoms with van der Waals surface area (Å²) in [7, 11) is 1.59. The average molecular weight is 195 g/mol. The van der Waals surface area contributed by atoms with Crippen molar-refractivity contribution < 1.29 is 10.4 Å². The predicted octanol–water partition coefficient (Wildman–Crippen LogP) is 1.46. The Morgan fingerprint density at radius 1 is 1.17 bits per heavy atom. The van der Waals surface area contributed by atoms with Crippen LogP contribution in [0.25, 0.3) is 0 Å². The number of likely N-dealkylation sites (N-methyl/N-ethyl adjacent to an activating group) is 1. The summed E-state index contributed by atoms with van der Waals surface area (Å²) in [5.74, 6) is 0. The van der Waals surface area contributed by atoms with Crippen LogP contribution < -0.4 is 0 Å². The molecule has 0 aromatic rings. The highest BCUT2D eigenvalue weighted by Gasteiger charge is 2.31. The standard InChI is InChI=1S/C7H15ClN2O2/c1-9(11)6-4-2-3-5-7(6)10(8)12/h6-7,11-12H,2-5H2,1H3/t6?,7-/m1/s1. The van der Waals surface area contributed by atoms with Gasteiger partial charge in [0, 0.05) is 18.8 Å². The highest BCUT2D eigenvalue weighted by molar-refractivity contribution is 6.12. The smallest absolute Gasteiger partial charge is 0.0696 e. The summed E-state index contributed by atoms with van der Waals surface area (Å²) < 4.78 is 0.691. The van der Waals surface area contributed by atoms with Gasteiger partial charge in [-0.15, -0.1) is 0 Å². The summed E-state index contributed by atoms with van der Waals surface area (Å²) in [4.78, 5) is 0. The molecular formula is C7H15ClN2O2. The quantitative estimate of drug-likeness (QED) is 0.516. The second-order valence-corrected chi connectivity index (χ2v) is 3.63. The second-order valence-electron chi connectivity index (χ2n) is 3.28. The molecule has 1 saturated carbocycles. The summed E-state index contributed by atoms with van der Waals surface area (Å²) in [6, 6.07) is -0.211. The lowest BCUT2D eigenvalue weighted by Gasteiger charge is -2.35. The molecule has 2 N–H and O–H groups in total. The summed E-state index contributed by atoms with van der Waals surface area (Å²) in [5, 5.41) is 19.4. The largest absolute Gasteiger partial charge is 0.314 e. The van der Waals surface area contributed by atoms with E-state index in [1.807, 2.05) is 0 Å². The van der Waals surface area contributed by atoms with Gasteiger partial charge < -0.3 is 5.21 Å². The third-order valence-electron chi connectivity index (χ3n) is 2.45. The normalized spacial score (nSPS) is 31.5. The minimum absolute atomic E-state index is 0.0544. The van der Waals surface area contributed by atoms with Crippen molar-refractivity contribution in [2.45, 2.75) is 37.8 Å². The highest BCUT2D eigenvalue weighted by atomic mass is 35.5. The van der Waals surface area contributed by atoms with Crippen LogP contribution in [-0.4, -0.2) is 39.2 Å². The van der Waals surface area contributed by atoms with Crippen molar-refractivity contribution in [2.75, 3.05) is 7.05 Å². The van der Waals surface area contributed by atoms with Gasteiger partial charge in [-0.2, -0.15) is 5.06 Å². The molecule has 0 aromatic heterocycles. The van der Waals surface area contributed by atoms with E-state index in [1.54, 1.807) is 7.05 Å². The van der Waals surface area contributed by atoms with Crippen molar-refractivity contribution in [1.82, 2.24) is 9.65 Å². The van der Waals surface area contributed by atoms with Gasteiger partial charge in [0.1, 0.15) is 0 Å². The number of hydrogen-bond donors (Lipinski definition) is 2. The number of halogens is 1. The maximum Gasteiger partial charge on any atom is 0.0696 e. The molecule has 0 amide bonds. The highest BCUT2D eigenvalue weighted by Crippen LogP contribution is 2.25. The average Bonchev–Trinajstić information content (AvgIpc) is 2.04. The Kier molecular flexibility index (Phi) is 3.74.